The SMILES string of the molecule is Cc1cccc(N2CCN(C(=O)Cn3cnc4cc(F)ccc4c3=O)CC2)c1. The first-order valence-electron chi connectivity index (χ1n) is 9.25. The maximum atomic E-state index is 13.3. The number of nitrogens with zero attached hydrogens (tertiary/aromatic N) is 4. The van der Waals surface area contributed by atoms with E-state index >= 15 is 0 Å². The van der Waals surface area contributed by atoms with Crippen LogP contribution in [0.1, 0.15) is 5.56 Å². The van der Waals surface area contributed by atoms with Gasteiger partial charge in [0.15, 0.2) is 0 Å². The molecule has 1 aromatic heterocycles. The van der Waals surface area contributed by atoms with Crippen LogP contribution in [0.4, 0.5) is 10.1 Å². The zero-order valence-electron chi connectivity index (χ0n) is 15.6. The van der Waals surface area contributed by atoms with Gasteiger partial charge in [0.1, 0.15) is 12.4 Å². The zero-order valence-corrected chi connectivity index (χ0v) is 15.6. The molecule has 144 valence electrons. The number of amides is 1. The third-order valence-corrected chi connectivity index (χ3v) is 5.09. The molecule has 1 aliphatic rings. The van der Waals surface area contributed by atoms with Crippen molar-refractivity contribution < 1.29 is 9.18 Å². The van der Waals surface area contributed by atoms with Crippen molar-refractivity contribution in [1.29, 1.82) is 0 Å². The maximum absolute atomic E-state index is 13.3. The van der Waals surface area contributed by atoms with Gasteiger partial charge in [-0.2, -0.15) is 0 Å². The Bertz CT molecular complexity index is 1090. The summed E-state index contributed by atoms with van der Waals surface area (Å²) in [7, 11) is 0. The molecule has 1 aliphatic heterocycles. The number of hydrogen-bond donors (Lipinski definition) is 0. The molecule has 28 heavy (non-hydrogen) atoms. The van der Waals surface area contributed by atoms with Gasteiger partial charge in [-0.25, -0.2) is 9.37 Å². The predicted molar refractivity (Wildman–Crippen MR) is 106 cm³/mol. The van der Waals surface area contributed by atoms with E-state index in [-0.39, 0.29) is 18.0 Å². The zero-order chi connectivity index (χ0) is 19.7. The number of benzene rings is 2. The molecule has 0 N–H and O–H groups in total. The second-order valence-corrected chi connectivity index (χ2v) is 7.05. The Hall–Kier alpha value is -3.22. The Morgan fingerprint density at radius 2 is 1.89 bits per heavy atom. The van der Waals surface area contributed by atoms with Gasteiger partial charge in [-0.3, -0.25) is 14.2 Å². The van der Waals surface area contributed by atoms with Crippen LogP contribution in [0.2, 0.25) is 0 Å². The number of anilines is 1. The number of hydrogen-bond acceptors (Lipinski definition) is 4. The van der Waals surface area contributed by atoms with Crippen molar-refractivity contribution in [1.82, 2.24) is 14.5 Å². The number of rotatable bonds is 3. The number of fused-ring (bicyclic) bond motifs is 1. The summed E-state index contributed by atoms with van der Waals surface area (Å²) < 4.78 is 14.6. The maximum Gasteiger partial charge on any atom is 0.261 e. The average Bonchev–Trinajstić information content (AvgIpc) is 2.70. The van der Waals surface area contributed by atoms with Crippen LogP contribution in [-0.2, 0) is 11.3 Å². The van der Waals surface area contributed by atoms with Crippen molar-refractivity contribution in [3.05, 3.63) is 70.5 Å². The minimum atomic E-state index is -0.445. The van der Waals surface area contributed by atoms with E-state index < -0.39 is 5.82 Å². The quantitative estimate of drug-likeness (QED) is 0.699. The van der Waals surface area contributed by atoms with Crippen molar-refractivity contribution in [2.75, 3.05) is 31.1 Å². The second-order valence-electron chi connectivity index (χ2n) is 7.05. The first-order chi connectivity index (χ1) is 13.5. The third-order valence-electron chi connectivity index (χ3n) is 5.09. The summed E-state index contributed by atoms with van der Waals surface area (Å²) in [5.74, 6) is -0.561. The summed E-state index contributed by atoms with van der Waals surface area (Å²) in [6.45, 7) is 4.71. The molecule has 2 heterocycles. The van der Waals surface area contributed by atoms with E-state index in [1.807, 2.05) is 6.07 Å². The molecule has 3 aromatic rings. The molecule has 0 saturated carbocycles. The van der Waals surface area contributed by atoms with Gasteiger partial charge in [-0.05, 0) is 36.8 Å². The second kappa shape index (κ2) is 7.42. The summed E-state index contributed by atoms with van der Waals surface area (Å²) >= 11 is 0. The highest BCUT2D eigenvalue weighted by atomic mass is 19.1. The Morgan fingerprint density at radius 1 is 1.11 bits per heavy atom. The predicted octanol–water partition coefficient (Wildman–Crippen LogP) is 2.19. The highest BCUT2D eigenvalue weighted by Crippen LogP contribution is 2.18. The van der Waals surface area contributed by atoms with Crippen molar-refractivity contribution >= 4 is 22.5 Å². The van der Waals surface area contributed by atoms with E-state index in [1.54, 1.807) is 4.90 Å². The molecule has 0 radical (unpaired) electrons. The lowest BCUT2D eigenvalue weighted by Crippen LogP contribution is -2.50. The third kappa shape index (κ3) is 3.60. The summed E-state index contributed by atoms with van der Waals surface area (Å²) in [6, 6.07) is 12.2. The molecule has 0 bridgehead atoms. The van der Waals surface area contributed by atoms with Gasteiger partial charge in [0, 0.05) is 37.9 Å². The van der Waals surface area contributed by atoms with E-state index in [4.69, 9.17) is 0 Å². The molecule has 1 fully saturated rings. The van der Waals surface area contributed by atoms with Crippen LogP contribution < -0.4 is 10.5 Å². The highest BCUT2D eigenvalue weighted by molar-refractivity contribution is 5.79. The molecule has 2 aromatic carbocycles. The molecular weight excluding hydrogens is 359 g/mol. The molecular formula is C21H21FN4O2. The molecule has 6 nitrogen and oxygen atoms in total. The molecule has 4 rings (SSSR count). The van der Waals surface area contributed by atoms with Gasteiger partial charge >= 0.3 is 0 Å². The van der Waals surface area contributed by atoms with Crippen molar-refractivity contribution in [2.24, 2.45) is 0 Å². The van der Waals surface area contributed by atoms with Crippen LogP contribution in [0, 0.1) is 12.7 Å². The summed E-state index contributed by atoms with van der Waals surface area (Å²) in [5.41, 5.74) is 2.32. The first-order valence-corrected chi connectivity index (χ1v) is 9.25. The number of carbonyl (C=O) groups excluding carboxylic acids is 1. The monoisotopic (exact) mass is 380 g/mol. The average molecular weight is 380 g/mol. The van der Waals surface area contributed by atoms with Crippen LogP contribution in [-0.4, -0.2) is 46.5 Å². The molecule has 1 amide bonds. The summed E-state index contributed by atoms with van der Waals surface area (Å²) in [5, 5.41) is 0.306. The Morgan fingerprint density at radius 3 is 2.64 bits per heavy atom. The van der Waals surface area contributed by atoms with E-state index in [1.165, 1.54) is 34.7 Å². The normalized spacial score (nSPS) is 14.5. The van der Waals surface area contributed by atoms with Gasteiger partial charge in [0.2, 0.25) is 5.91 Å². The summed E-state index contributed by atoms with van der Waals surface area (Å²) in [6.07, 6.45) is 1.31. The fourth-order valence-electron chi connectivity index (χ4n) is 3.53. The van der Waals surface area contributed by atoms with Gasteiger partial charge in [0.25, 0.3) is 5.56 Å². The van der Waals surface area contributed by atoms with Crippen LogP contribution in [0.5, 0.6) is 0 Å². The van der Waals surface area contributed by atoms with Gasteiger partial charge in [-0.15, -0.1) is 0 Å². The lowest BCUT2D eigenvalue weighted by Gasteiger charge is -2.36. The first kappa shape index (κ1) is 18.2. The fourth-order valence-corrected chi connectivity index (χ4v) is 3.53. The number of carbonyl (C=O) groups is 1. The Balaban J connectivity index is 1.44. The standard InChI is InChI=1S/C21H21FN4O2/c1-15-3-2-4-17(11-15)24-7-9-25(10-8-24)20(27)13-26-14-23-19-12-16(22)5-6-18(19)21(26)28/h2-6,11-12,14H,7-10,13H2,1H3. The topological polar surface area (TPSA) is 58.4 Å². The minimum Gasteiger partial charge on any atom is -0.368 e. The number of aryl methyl sites for hydroxylation is 1. The van der Waals surface area contributed by atoms with Crippen molar-refractivity contribution in [3.8, 4) is 0 Å². The van der Waals surface area contributed by atoms with Crippen LogP contribution >= 0.6 is 0 Å². The smallest absolute Gasteiger partial charge is 0.261 e. The molecule has 0 spiro atoms. The summed E-state index contributed by atoms with van der Waals surface area (Å²) in [4.78, 5) is 33.4. The molecule has 0 atom stereocenters. The van der Waals surface area contributed by atoms with E-state index in [9.17, 15) is 14.0 Å². The van der Waals surface area contributed by atoms with E-state index in [0.717, 1.165) is 18.8 Å². The number of aromatic nitrogens is 2. The van der Waals surface area contributed by atoms with Crippen LogP contribution in [0.25, 0.3) is 10.9 Å². The van der Waals surface area contributed by atoms with E-state index in [2.05, 4.69) is 35.0 Å². The molecule has 0 aliphatic carbocycles. The highest BCUT2D eigenvalue weighted by Gasteiger charge is 2.22. The Labute approximate surface area is 161 Å². The van der Waals surface area contributed by atoms with Crippen molar-refractivity contribution in [3.63, 3.8) is 0 Å². The van der Waals surface area contributed by atoms with Gasteiger partial charge < -0.3 is 9.80 Å². The fraction of sp³-hybridized carbons (Fsp3) is 0.286. The van der Waals surface area contributed by atoms with Crippen LogP contribution in [0.15, 0.2) is 53.6 Å². The lowest BCUT2D eigenvalue weighted by atomic mass is 10.2. The largest absolute Gasteiger partial charge is 0.368 e. The Kier molecular flexibility index (Phi) is 4.81. The van der Waals surface area contributed by atoms with Crippen molar-refractivity contribution in [2.45, 2.75) is 13.5 Å². The van der Waals surface area contributed by atoms with Gasteiger partial charge in [-0.1, -0.05) is 12.1 Å². The molecule has 0 unspecified atom stereocenters. The molecule has 1 saturated heterocycles. The molecule has 7 heteroatoms. The van der Waals surface area contributed by atoms with E-state index in [0.29, 0.717) is 24.0 Å². The lowest BCUT2D eigenvalue weighted by molar-refractivity contribution is -0.132. The number of halogens is 1. The number of piperazine rings is 1. The van der Waals surface area contributed by atoms with Gasteiger partial charge in [0.05, 0.1) is 17.2 Å². The minimum absolute atomic E-state index is 0.0659. The van der Waals surface area contributed by atoms with Crippen LogP contribution in [0.3, 0.4) is 0 Å².